The zero-order valence-electron chi connectivity index (χ0n) is 38.3. The maximum Gasteiger partial charge on any atom is 0.359 e. The van der Waals surface area contributed by atoms with E-state index in [0.717, 1.165) is 36.6 Å². The predicted molar refractivity (Wildman–Crippen MR) is 251 cm³/mol. The van der Waals surface area contributed by atoms with E-state index < -0.39 is 52.5 Å². The Hall–Kier alpha value is -5.20. The molecule has 0 fully saturated rings. The molecule has 1 unspecified atom stereocenters. The standard InChI is InChI=1S/C49H67N5O10S/c1-34(2)42(47(57)53-45(35(3)4)48(58)51-31-37-19-12-8-13-20-37)30-44(55)43(33-63-32-38-21-14-9-15-22-38)52-46(56)39-27-40(29-41(28-39)54(5)65(59,60)61)49(64-26-25-62-6)50-24-16-23-36-17-10-7-11-18-36/h7-15,17-22,27-29,34-35,42-45,49-50,55H,16,23-26,30-33H2,1-6H3,(H,51,58)(H,52,56)(H,53,57)(H,59,60,61)/t42-,43-,44-,45-,49?/m0/s1. The SMILES string of the molecule is COCCOC(NCCCc1ccccc1)c1cc(C(=O)N[C@@H](COCc2ccccc2)[C@@H](O)C[C@H](C(=O)N[C@H](C(=O)NCc2ccccc2)C(C)C)C(C)C)cc(N(C)S(=O)(=O)O)c1. The lowest BCUT2D eigenvalue weighted by atomic mass is 9.86. The topological polar surface area (TPSA) is 205 Å². The monoisotopic (exact) mass is 917 g/mol. The Morgan fingerprint density at radius 2 is 1.38 bits per heavy atom. The summed E-state index contributed by atoms with van der Waals surface area (Å²) in [5, 5.41) is 24.0. The number of nitrogens with zero attached hydrogens (tertiary/aromatic N) is 1. The van der Waals surface area contributed by atoms with Gasteiger partial charge in [-0.25, -0.2) is 0 Å². The maximum atomic E-state index is 14.4. The Labute approximate surface area is 384 Å². The fraction of sp³-hybridized carbons (Fsp3) is 0.449. The summed E-state index contributed by atoms with van der Waals surface area (Å²) in [7, 11) is -2.06. The summed E-state index contributed by atoms with van der Waals surface area (Å²) in [6.45, 7) is 8.59. The Morgan fingerprint density at radius 1 is 0.769 bits per heavy atom. The van der Waals surface area contributed by atoms with E-state index in [-0.39, 0.29) is 61.8 Å². The molecular formula is C49H67N5O10S. The van der Waals surface area contributed by atoms with Gasteiger partial charge in [0.15, 0.2) is 0 Å². The highest BCUT2D eigenvalue weighted by molar-refractivity contribution is 7.87. The van der Waals surface area contributed by atoms with E-state index in [0.29, 0.717) is 23.0 Å². The molecule has 0 aliphatic heterocycles. The normalized spacial score (nSPS) is 14.0. The van der Waals surface area contributed by atoms with Crippen LogP contribution < -0.4 is 25.6 Å². The number of amides is 3. The molecule has 0 bridgehead atoms. The third-order valence-electron chi connectivity index (χ3n) is 11.0. The molecule has 65 heavy (non-hydrogen) atoms. The number of hydrogen-bond acceptors (Lipinski definition) is 10. The molecule has 0 heterocycles. The molecule has 4 rings (SSSR count). The lowest BCUT2D eigenvalue weighted by Crippen LogP contribution is -2.53. The Kier molecular flexibility index (Phi) is 21.5. The summed E-state index contributed by atoms with van der Waals surface area (Å²) in [4.78, 5) is 41.7. The molecule has 0 aliphatic carbocycles. The number of methoxy groups -OCH3 is 1. The van der Waals surface area contributed by atoms with Crippen LogP contribution in [0.1, 0.15) is 79.4 Å². The lowest BCUT2D eigenvalue weighted by molar-refractivity contribution is -0.134. The first kappa shape index (κ1) is 52.4. The summed E-state index contributed by atoms with van der Waals surface area (Å²) in [6.07, 6.45) is -0.715. The van der Waals surface area contributed by atoms with Crippen LogP contribution in [0, 0.1) is 17.8 Å². The molecule has 0 saturated heterocycles. The Morgan fingerprint density at radius 3 is 1.97 bits per heavy atom. The smallest absolute Gasteiger partial charge is 0.359 e. The molecule has 354 valence electrons. The van der Waals surface area contributed by atoms with E-state index in [1.165, 1.54) is 19.2 Å². The molecule has 4 aromatic rings. The molecule has 0 aromatic heterocycles. The lowest BCUT2D eigenvalue weighted by Gasteiger charge is -2.30. The summed E-state index contributed by atoms with van der Waals surface area (Å²) in [5.74, 6) is -2.76. The van der Waals surface area contributed by atoms with Gasteiger partial charge >= 0.3 is 10.3 Å². The molecular weight excluding hydrogens is 851 g/mol. The van der Waals surface area contributed by atoms with Crippen molar-refractivity contribution in [3.05, 3.63) is 137 Å². The van der Waals surface area contributed by atoms with E-state index in [2.05, 4.69) is 21.3 Å². The highest BCUT2D eigenvalue weighted by Gasteiger charge is 2.34. The van der Waals surface area contributed by atoms with Crippen LogP contribution in [0.4, 0.5) is 5.69 Å². The molecule has 5 atom stereocenters. The number of rotatable bonds is 28. The number of ether oxygens (including phenoxy) is 3. The molecule has 16 heteroatoms. The maximum absolute atomic E-state index is 14.4. The van der Waals surface area contributed by atoms with Gasteiger partial charge in [0.25, 0.3) is 5.91 Å². The minimum Gasteiger partial charge on any atom is -0.391 e. The van der Waals surface area contributed by atoms with Gasteiger partial charge in [-0.05, 0) is 78.1 Å². The van der Waals surface area contributed by atoms with E-state index >= 15 is 0 Å². The second-order valence-corrected chi connectivity index (χ2v) is 18.2. The van der Waals surface area contributed by atoms with Crippen molar-refractivity contribution in [2.45, 2.75) is 84.5 Å². The molecule has 3 amide bonds. The van der Waals surface area contributed by atoms with Crippen LogP contribution in [0.3, 0.4) is 0 Å². The largest absolute Gasteiger partial charge is 0.391 e. The van der Waals surface area contributed by atoms with Crippen LogP contribution in [0.2, 0.25) is 0 Å². The third-order valence-corrected chi connectivity index (χ3v) is 11.9. The van der Waals surface area contributed by atoms with Crippen molar-refractivity contribution in [2.24, 2.45) is 17.8 Å². The van der Waals surface area contributed by atoms with Crippen molar-refractivity contribution in [3.63, 3.8) is 0 Å². The molecule has 0 aliphatic rings. The number of aliphatic hydroxyl groups is 1. The van der Waals surface area contributed by atoms with Crippen molar-refractivity contribution in [1.82, 2.24) is 21.3 Å². The minimum absolute atomic E-state index is 0.000806. The van der Waals surface area contributed by atoms with E-state index in [1.54, 1.807) is 6.07 Å². The molecule has 4 aromatic carbocycles. The quantitative estimate of drug-likeness (QED) is 0.0235. The van der Waals surface area contributed by atoms with Crippen molar-refractivity contribution in [2.75, 3.05) is 44.8 Å². The molecule has 6 N–H and O–H groups in total. The number of nitrogens with one attached hydrogen (secondary N) is 4. The molecule has 15 nitrogen and oxygen atoms in total. The van der Waals surface area contributed by atoms with Crippen molar-refractivity contribution < 1.29 is 46.7 Å². The van der Waals surface area contributed by atoms with Crippen LogP contribution in [-0.4, -0.2) is 94.5 Å². The number of carbonyl (C=O) groups is 3. The number of carbonyl (C=O) groups excluding carboxylic acids is 3. The summed E-state index contributed by atoms with van der Waals surface area (Å²) < 4.78 is 52.9. The average Bonchev–Trinajstić information content (AvgIpc) is 3.29. The first-order chi connectivity index (χ1) is 31.1. The van der Waals surface area contributed by atoms with Gasteiger partial charge < -0.3 is 35.3 Å². The van der Waals surface area contributed by atoms with Crippen LogP contribution >= 0.6 is 0 Å². The molecule has 0 spiro atoms. The second kappa shape index (κ2) is 26.7. The fourth-order valence-electron chi connectivity index (χ4n) is 7.10. The van der Waals surface area contributed by atoms with Crippen LogP contribution in [0.25, 0.3) is 0 Å². The highest BCUT2D eigenvalue weighted by atomic mass is 32.2. The minimum atomic E-state index is -4.76. The second-order valence-electron chi connectivity index (χ2n) is 16.7. The van der Waals surface area contributed by atoms with Gasteiger partial charge in [0.05, 0.1) is 44.3 Å². The van der Waals surface area contributed by atoms with Gasteiger partial charge in [-0.15, -0.1) is 0 Å². The first-order valence-corrected chi connectivity index (χ1v) is 23.4. The summed E-state index contributed by atoms with van der Waals surface area (Å²) in [5.41, 5.74) is 3.30. The first-order valence-electron chi connectivity index (χ1n) is 22.0. The number of benzene rings is 4. The van der Waals surface area contributed by atoms with E-state index in [4.69, 9.17) is 14.2 Å². The van der Waals surface area contributed by atoms with Crippen LogP contribution in [0.5, 0.6) is 0 Å². The van der Waals surface area contributed by atoms with Gasteiger partial charge in [0.2, 0.25) is 11.8 Å². The fourth-order valence-corrected chi connectivity index (χ4v) is 7.47. The predicted octanol–water partition coefficient (Wildman–Crippen LogP) is 5.61. The van der Waals surface area contributed by atoms with Gasteiger partial charge in [-0.3, -0.25) is 28.6 Å². The van der Waals surface area contributed by atoms with E-state index in [1.807, 2.05) is 119 Å². The number of aliphatic hydroxyl groups excluding tert-OH is 1. The Bertz CT molecular complexity index is 2160. The number of hydrogen-bond donors (Lipinski definition) is 6. The highest BCUT2D eigenvalue weighted by Crippen LogP contribution is 2.27. The average molecular weight is 918 g/mol. The van der Waals surface area contributed by atoms with Crippen LogP contribution in [0.15, 0.2) is 109 Å². The number of anilines is 1. The van der Waals surface area contributed by atoms with E-state index in [9.17, 15) is 32.5 Å². The van der Waals surface area contributed by atoms with Crippen molar-refractivity contribution in [3.8, 4) is 0 Å². The van der Waals surface area contributed by atoms with Crippen molar-refractivity contribution in [1.29, 1.82) is 0 Å². The van der Waals surface area contributed by atoms with Gasteiger partial charge in [0.1, 0.15) is 12.3 Å². The van der Waals surface area contributed by atoms with Gasteiger partial charge in [-0.1, -0.05) is 119 Å². The van der Waals surface area contributed by atoms with Crippen LogP contribution in [-0.2, 0) is 53.7 Å². The molecule has 0 saturated carbocycles. The van der Waals surface area contributed by atoms with Gasteiger partial charge in [0, 0.05) is 32.2 Å². The van der Waals surface area contributed by atoms with Gasteiger partial charge in [-0.2, -0.15) is 8.42 Å². The number of aryl methyl sites for hydroxylation is 1. The van der Waals surface area contributed by atoms with Crippen molar-refractivity contribution >= 4 is 33.7 Å². The zero-order chi connectivity index (χ0) is 47.4. The zero-order valence-corrected chi connectivity index (χ0v) is 39.1. The Balaban J connectivity index is 1.60. The molecule has 0 radical (unpaired) electrons. The third kappa shape index (κ3) is 17.6. The summed E-state index contributed by atoms with van der Waals surface area (Å²) >= 11 is 0. The summed E-state index contributed by atoms with van der Waals surface area (Å²) in [6, 6.07) is 31.2.